The van der Waals surface area contributed by atoms with E-state index in [0.717, 1.165) is 35.5 Å². The molecule has 6 heteroatoms. The van der Waals surface area contributed by atoms with Crippen LogP contribution in [0.5, 0.6) is 0 Å². The van der Waals surface area contributed by atoms with Crippen molar-refractivity contribution in [3.63, 3.8) is 0 Å². The number of nitrogens with zero attached hydrogens (tertiary/aromatic N) is 1. The number of rotatable bonds is 9. The Balaban J connectivity index is 0.000000206. The van der Waals surface area contributed by atoms with Crippen LogP contribution >= 0.6 is 0 Å². The van der Waals surface area contributed by atoms with Gasteiger partial charge in [0.25, 0.3) is 0 Å². The normalized spacial score (nSPS) is 11.0. The Labute approximate surface area is 219 Å². The molecule has 192 valence electrons. The molecule has 1 heterocycles. The first-order valence-corrected chi connectivity index (χ1v) is 12.8. The summed E-state index contributed by atoms with van der Waals surface area (Å²) >= 11 is 0. The van der Waals surface area contributed by atoms with Gasteiger partial charge in [-0.15, -0.1) is 0 Å². The highest BCUT2D eigenvalue weighted by molar-refractivity contribution is 6.08. The van der Waals surface area contributed by atoms with E-state index >= 15 is 0 Å². The van der Waals surface area contributed by atoms with Gasteiger partial charge >= 0.3 is 0 Å². The van der Waals surface area contributed by atoms with Crippen LogP contribution in [0.15, 0.2) is 72.9 Å². The minimum Gasteiger partial charge on any atom is -0.345 e. The number of imidazole rings is 1. The van der Waals surface area contributed by atoms with Gasteiger partial charge in [-0.05, 0) is 65.3 Å². The SMILES string of the molecule is CCc1cc(F)cc(Cc2ncc(C(C)C)[nH]2)c1.[B]CCCC(c1ccccc1F)c1ccccc1F. The Bertz CT molecular complexity index is 1220. The van der Waals surface area contributed by atoms with Crippen molar-refractivity contribution >= 4 is 7.85 Å². The average molecular weight is 502 g/mol. The Morgan fingerprint density at radius 1 is 0.865 bits per heavy atom. The smallest absolute Gasteiger partial charge is 0.127 e. The van der Waals surface area contributed by atoms with E-state index in [4.69, 9.17) is 7.85 Å². The third kappa shape index (κ3) is 8.11. The van der Waals surface area contributed by atoms with E-state index in [9.17, 15) is 13.2 Å². The minimum absolute atomic E-state index is 0.167. The van der Waals surface area contributed by atoms with E-state index in [1.165, 1.54) is 12.1 Å². The van der Waals surface area contributed by atoms with Crippen molar-refractivity contribution in [2.24, 2.45) is 0 Å². The zero-order valence-corrected chi connectivity index (χ0v) is 21.8. The maximum Gasteiger partial charge on any atom is 0.127 e. The van der Waals surface area contributed by atoms with E-state index in [-0.39, 0.29) is 23.4 Å². The molecule has 0 saturated heterocycles. The summed E-state index contributed by atoms with van der Waals surface area (Å²) in [6, 6.07) is 18.3. The van der Waals surface area contributed by atoms with E-state index in [1.54, 1.807) is 48.5 Å². The first-order valence-electron chi connectivity index (χ1n) is 12.8. The zero-order chi connectivity index (χ0) is 26.8. The number of aromatic amines is 1. The van der Waals surface area contributed by atoms with Crippen LogP contribution in [0, 0.1) is 17.5 Å². The lowest BCUT2D eigenvalue weighted by molar-refractivity contribution is 0.555. The Morgan fingerprint density at radius 3 is 1.97 bits per heavy atom. The number of aromatic nitrogens is 2. The molecular weight excluding hydrogens is 468 g/mol. The number of hydrogen-bond acceptors (Lipinski definition) is 1. The highest BCUT2D eigenvalue weighted by Crippen LogP contribution is 2.32. The van der Waals surface area contributed by atoms with Gasteiger partial charge in [-0.3, -0.25) is 0 Å². The van der Waals surface area contributed by atoms with Crippen LogP contribution in [-0.4, -0.2) is 17.8 Å². The number of benzene rings is 3. The molecular formula is C31H34BF3N2. The van der Waals surface area contributed by atoms with Gasteiger partial charge in [-0.25, -0.2) is 18.2 Å². The number of hydrogen-bond donors (Lipinski definition) is 1. The predicted octanol–water partition coefficient (Wildman–Crippen LogP) is 8.29. The van der Waals surface area contributed by atoms with E-state index in [0.29, 0.717) is 36.2 Å². The van der Waals surface area contributed by atoms with Crippen molar-refractivity contribution < 1.29 is 13.2 Å². The van der Waals surface area contributed by atoms with Crippen LogP contribution in [0.25, 0.3) is 0 Å². The highest BCUT2D eigenvalue weighted by Gasteiger charge is 2.20. The molecule has 0 fully saturated rings. The monoisotopic (exact) mass is 502 g/mol. The van der Waals surface area contributed by atoms with Crippen LogP contribution < -0.4 is 0 Å². The van der Waals surface area contributed by atoms with Crippen molar-refractivity contribution in [3.8, 4) is 0 Å². The number of nitrogens with one attached hydrogen (secondary N) is 1. The molecule has 1 N–H and O–H groups in total. The van der Waals surface area contributed by atoms with Crippen LogP contribution in [0.3, 0.4) is 0 Å². The molecule has 2 nitrogen and oxygen atoms in total. The lowest BCUT2D eigenvalue weighted by Gasteiger charge is -2.19. The molecule has 0 bridgehead atoms. The van der Waals surface area contributed by atoms with Gasteiger partial charge in [-0.2, -0.15) is 0 Å². The summed E-state index contributed by atoms with van der Waals surface area (Å²) in [7, 11) is 5.52. The molecule has 4 rings (SSSR count). The van der Waals surface area contributed by atoms with Crippen LogP contribution in [0.2, 0.25) is 6.32 Å². The fourth-order valence-electron chi connectivity index (χ4n) is 4.29. The molecule has 0 atom stereocenters. The Morgan fingerprint density at radius 2 is 1.46 bits per heavy atom. The largest absolute Gasteiger partial charge is 0.345 e. The molecule has 0 spiro atoms. The maximum atomic E-state index is 13.9. The van der Waals surface area contributed by atoms with Gasteiger partial charge in [-0.1, -0.05) is 76.0 Å². The quantitative estimate of drug-likeness (QED) is 0.229. The second-order valence-electron chi connectivity index (χ2n) is 9.46. The summed E-state index contributed by atoms with van der Waals surface area (Å²) in [5, 5.41) is 0. The van der Waals surface area contributed by atoms with Crippen molar-refractivity contribution in [1.29, 1.82) is 0 Å². The van der Waals surface area contributed by atoms with Gasteiger partial charge in [0.1, 0.15) is 23.3 Å². The van der Waals surface area contributed by atoms with Gasteiger partial charge in [0.2, 0.25) is 0 Å². The lowest BCUT2D eigenvalue weighted by atomic mass is 9.84. The molecule has 0 aliphatic carbocycles. The summed E-state index contributed by atoms with van der Waals surface area (Å²) < 4.78 is 41.3. The van der Waals surface area contributed by atoms with Gasteiger partial charge in [0.15, 0.2) is 0 Å². The second-order valence-corrected chi connectivity index (χ2v) is 9.46. The summed E-state index contributed by atoms with van der Waals surface area (Å²) in [5.41, 5.74) is 4.18. The molecule has 2 radical (unpaired) electrons. The molecule has 0 aliphatic heterocycles. The van der Waals surface area contributed by atoms with Crippen LogP contribution in [0.4, 0.5) is 13.2 Å². The summed E-state index contributed by atoms with van der Waals surface area (Å²) in [5.74, 6) is 0.280. The summed E-state index contributed by atoms with van der Waals surface area (Å²) in [6.45, 7) is 6.27. The fraction of sp³-hybridized carbons (Fsp3) is 0.323. The molecule has 0 unspecified atom stereocenters. The van der Waals surface area contributed by atoms with Gasteiger partial charge < -0.3 is 4.98 Å². The Hall–Kier alpha value is -3.28. The number of aryl methyl sites for hydroxylation is 1. The van der Waals surface area contributed by atoms with Crippen LogP contribution in [-0.2, 0) is 12.8 Å². The number of halogens is 3. The molecule has 0 saturated carbocycles. The summed E-state index contributed by atoms with van der Waals surface area (Å²) in [6.07, 6.45) is 5.24. The third-order valence-corrected chi connectivity index (χ3v) is 6.33. The standard InChI is InChI=1S/C16H15BF2.C15H19FN2/c17-11-5-8-12(13-6-1-3-9-15(13)18)14-7-2-4-10-16(14)19;1-4-11-5-12(7-13(16)6-11)8-15-17-9-14(18-15)10(2)3/h1-4,6-7,9-10,12H,5,8,11H2;5-7,9-10H,4,8H2,1-3H3,(H,17,18). The minimum atomic E-state index is -0.298. The summed E-state index contributed by atoms with van der Waals surface area (Å²) in [4.78, 5) is 7.62. The van der Waals surface area contributed by atoms with Gasteiger partial charge in [0.05, 0.1) is 7.85 Å². The number of H-pyrrole nitrogens is 1. The predicted molar refractivity (Wildman–Crippen MR) is 146 cm³/mol. The molecule has 3 aromatic carbocycles. The van der Waals surface area contributed by atoms with Crippen molar-refractivity contribution in [2.75, 3.05) is 0 Å². The molecule has 4 aromatic rings. The average Bonchev–Trinajstić information content (AvgIpc) is 3.35. The first kappa shape index (κ1) is 28.3. The molecule has 0 aliphatic rings. The van der Waals surface area contributed by atoms with E-state index < -0.39 is 0 Å². The lowest BCUT2D eigenvalue weighted by Crippen LogP contribution is -2.06. The van der Waals surface area contributed by atoms with Crippen molar-refractivity contribution in [3.05, 3.63) is 124 Å². The molecule has 37 heavy (non-hydrogen) atoms. The maximum absolute atomic E-state index is 13.9. The third-order valence-electron chi connectivity index (χ3n) is 6.33. The zero-order valence-electron chi connectivity index (χ0n) is 21.8. The highest BCUT2D eigenvalue weighted by atomic mass is 19.1. The van der Waals surface area contributed by atoms with E-state index in [1.807, 2.05) is 19.2 Å². The van der Waals surface area contributed by atoms with Crippen LogP contribution in [0.1, 0.15) is 79.2 Å². The van der Waals surface area contributed by atoms with Gasteiger partial charge in [0, 0.05) is 24.2 Å². The molecule has 0 amide bonds. The first-order chi connectivity index (χ1) is 17.8. The molecule has 1 aromatic heterocycles. The topological polar surface area (TPSA) is 28.7 Å². The Kier molecular flexibility index (Phi) is 10.6. The van der Waals surface area contributed by atoms with Crippen molar-refractivity contribution in [1.82, 2.24) is 9.97 Å². The van der Waals surface area contributed by atoms with Crippen molar-refractivity contribution in [2.45, 2.75) is 64.6 Å². The fourth-order valence-corrected chi connectivity index (χ4v) is 4.29. The second kappa shape index (κ2) is 13.9. The van der Waals surface area contributed by atoms with E-state index in [2.05, 4.69) is 23.8 Å².